The number of hydrogen-bond donors (Lipinski definition) is 1. The van der Waals surface area contributed by atoms with Crippen LogP contribution >= 0.6 is 0 Å². The number of aryl methyl sites for hydroxylation is 1. The molecule has 4 heteroatoms. The first kappa shape index (κ1) is 12.4. The zero-order valence-corrected chi connectivity index (χ0v) is 11.4. The van der Waals surface area contributed by atoms with Crippen LogP contribution in [0.2, 0.25) is 0 Å². The van der Waals surface area contributed by atoms with E-state index < -0.39 is 5.54 Å². The number of rotatable bonds is 4. The summed E-state index contributed by atoms with van der Waals surface area (Å²) in [5.74, 6) is 1.76. The minimum atomic E-state index is -0.474. The van der Waals surface area contributed by atoms with Crippen LogP contribution in [0, 0.1) is 12.8 Å². The Morgan fingerprint density at radius 1 is 1.32 bits per heavy atom. The van der Waals surface area contributed by atoms with Gasteiger partial charge in [0.05, 0.1) is 5.54 Å². The molecule has 0 spiro atoms. The summed E-state index contributed by atoms with van der Waals surface area (Å²) in [5, 5.41) is 4.04. The van der Waals surface area contributed by atoms with Crippen molar-refractivity contribution in [2.45, 2.75) is 38.6 Å². The van der Waals surface area contributed by atoms with Crippen molar-refractivity contribution in [3.8, 4) is 0 Å². The Bertz CT molecular complexity index is 567. The highest BCUT2D eigenvalue weighted by atomic mass is 16.5. The Kier molecular flexibility index (Phi) is 2.90. The molecule has 0 radical (unpaired) electrons. The van der Waals surface area contributed by atoms with Crippen LogP contribution in [0.4, 0.5) is 0 Å². The summed E-state index contributed by atoms with van der Waals surface area (Å²) in [6, 6.07) is 8.36. The van der Waals surface area contributed by atoms with Crippen LogP contribution in [0.3, 0.4) is 0 Å². The molecule has 1 heterocycles. The van der Waals surface area contributed by atoms with E-state index in [0.717, 1.165) is 12.8 Å². The fourth-order valence-corrected chi connectivity index (χ4v) is 2.29. The second-order valence-corrected chi connectivity index (χ2v) is 5.74. The van der Waals surface area contributed by atoms with Crippen LogP contribution in [0.1, 0.15) is 42.6 Å². The summed E-state index contributed by atoms with van der Waals surface area (Å²) in [7, 11) is 0. The number of nitrogens with zero attached hydrogens (tertiary/aromatic N) is 2. The first-order valence-electron chi connectivity index (χ1n) is 6.73. The van der Waals surface area contributed by atoms with Crippen molar-refractivity contribution in [2.24, 2.45) is 11.7 Å². The van der Waals surface area contributed by atoms with Crippen molar-refractivity contribution in [3.05, 3.63) is 47.1 Å². The second-order valence-electron chi connectivity index (χ2n) is 5.74. The van der Waals surface area contributed by atoms with Gasteiger partial charge in [-0.15, -0.1) is 0 Å². The molecule has 1 fully saturated rings. The molecular formula is C15H19N3O. The molecule has 1 aromatic carbocycles. The predicted molar refractivity (Wildman–Crippen MR) is 72.5 cm³/mol. The number of hydrogen-bond acceptors (Lipinski definition) is 4. The maximum Gasteiger partial charge on any atom is 0.246 e. The first-order valence-corrected chi connectivity index (χ1v) is 6.73. The van der Waals surface area contributed by atoms with E-state index in [0.29, 0.717) is 24.1 Å². The van der Waals surface area contributed by atoms with E-state index in [1.54, 1.807) is 0 Å². The molecule has 0 saturated heterocycles. The lowest BCUT2D eigenvalue weighted by molar-refractivity contribution is 0.272. The van der Waals surface area contributed by atoms with Crippen LogP contribution in [0.5, 0.6) is 0 Å². The highest BCUT2D eigenvalue weighted by Crippen LogP contribution is 2.43. The minimum absolute atomic E-state index is 0.474. The van der Waals surface area contributed by atoms with Gasteiger partial charge < -0.3 is 10.3 Å². The number of aromatic nitrogens is 2. The van der Waals surface area contributed by atoms with E-state index in [1.807, 2.05) is 6.92 Å². The summed E-state index contributed by atoms with van der Waals surface area (Å²) in [5.41, 5.74) is 8.23. The monoisotopic (exact) mass is 257 g/mol. The van der Waals surface area contributed by atoms with E-state index in [-0.39, 0.29) is 0 Å². The van der Waals surface area contributed by atoms with Gasteiger partial charge in [0.25, 0.3) is 0 Å². The molecular weight excluding hydrogens is 238 g/mol. The van der Waals surface area contributed by atoms with Gasteiger partial charge in [-0.25, -0.2) is 0 Å². The molecule has 0 amide bonds. The highest BCUT2D eigenvalue weighted by molar-refractivity contribution is 5.23. The molecule has 1 unspecified atom stereocenters. The van der Waals surface area contributed by atoms with Crippen LogP contribution in [0.25, 0.3) is 0 Å². The molecule has 2 N–H and O–H groups in total. The summed E-state index contributed by atoms with van der Waals surface area (Å²) >= 11 is 0. The van der Waals surface area contributed by atoms with Crippen LogP contribution in [-0.4, -0.2) is 10.1 Å². The largest absolute Gasteiger partial charge is 0.337 e. The van der Waals surface area contributed by atoms with Gasteiger partial charge in [0.1, 0.15) is 0 Å². The van der Waals surface area contributed by atoms with Crippen molar-refractivity contribution in [1.82, 2.24) is 10.1 Å². The molecule has 4 nitrogen and oxygen atoms in total. The first-order chi connectivity index (χ1) is 9.05. The lowest BCUT2D eigenvalue weighted by atomic mass is 9.97. The van der Waals surface area contributed by atoms with E-state index in [2.05, 4.69) is 41.3 Å². The molecule has 0 bridgehead atoms. The van der Waals surface area contributed by atoms with E-state index in [9.17, 15) is 0 Å². The van der Waals surface area contributed by atoms with E-state index in [4.69, 9.17) is 10.3 Å². The Labute approximate surface area is 113 Å². The van der Waals surface area contributed by atoms with Gasteiger partial charge >= 0.3 is 0 Å². The fraction of sp³-hybridized carbons (Fsp3) is 0.467. The van der Waals surface area contributed by atoms with Crippen LogP contribution in [-0.2, 0) is 12.0 Å². The SMILES string of the molecule is Cc1ccc(Cc2noc(C(C)(N)C3CC3)n2)cc1. The molecule has 1 aromatic heterocycles. The van der Waals surface area contributed by atoms with E-state index in [1.165, 1.54) is 11.1 Å². The fourth-order valence-electron chi connectivity index (χ4n) is 2.29. The number of benzene rings is 1. The topological polar surface area (TPSA) is 64.9 Å². The summed E-state index contributed by atoms with van der Waals surface area (Å²) in [6.07, 6.45) is 3.00. The average molecular weight is 257 g/mol. The van der Waals surface area contributed by atoms with Crippen molar-refractivity contribution in [1.29, 1.82) is 0 Å². The molecule has 100 valence electrons. The highest BCUT2D eigenvalue weighted by Gasteiger charge is 2.43. The van der Waals surface area contributed by atoms with Crippen molar-refractivity contribution in [2.75, 3.05) is 0 Å². The lowest BCUT2D eigenvalue weighted by Crippen LogP contribution is -2.35. The van der Waals surface area contributed by atoms with Crippen molar-refractivity contribution < 1.29 is 4.52 Å². The third-order valence-electron chi connectivity index (χ3n) is 3.84. The summed E-state index contributed by atoms with van der Waals surface area (Å²) < 4.78 is 5.34. The Hall–Kier alpha value is -1.68. The Morgan fingerprint density at radius 3 is 2.63 bits per heavy atom. The van der Waals surface area contributed by atoms with Crippen LogP contribution < -0.4 is 5.73 Å². The van der Waals surface area contributed by atoms with Crippen LogP contribution in [0.15, 0.2) is 28.8 Å². The summed E-state index contributed by atoms with van der Waals surface area (Å²) in [6.45, 7) is 4.06. The zero-order valence-electron chi connectivity index (χ0n) is 11.4. The Morgan fingerprint density at radius 2 is 2.00 bits per heavy atom. The number of nitrogens with two attached hydrogens (primary N) is 1. The molecule has 19 heavy (non-hydrogen) atoms. The average Bonchev–Trinajstić information content (AvgIpc) is 3.14. The van der Waals surface area contributed by atoms with Crippen molar-refractivity contribution >= 4 is 0 Å². The Balaban J connectivity index is 1.76. The van der Waals surface area contributed by atoms with E-state index >= 15 is 0 Å². The van der Waals surface area contributed by atoms with Gasteiger partial charge in [0.2, 0.25) is 5.89 Å². The lowest BCUT2D eigenvalue weighted by Gasteiger charge is -2.18. The third-order valence-corrected chi connectivity index (χ3v) is 3.84. The summed E-state index contributed by atoms with van der Waals surface area (Å²) in [4.78, 5) is 4.46. The minimum Gasteiger partial charge on any atom is -0.337 e. The zero-order chi connectivity index (χ0) is 13.5. The molecule has 1 aliphatic carbocycles. The third kappa shape index (κ3) is 2.54. The molecule has 1 atom stereocenters. The standard InChI is InChI=1S/C15H19N3O/c1-10-3-5-11(6-4-10)9-13-17-14(19-18-13)15(2,16)12-7-8-12/h3-6,12H,7-9,16H2,1-2H3. The molecule has 1 aliphatic rings. The van der Waals surface area contributed by atoms with Gasteiger partial charge in [-0.05, 0) is 38.2 Å². The molecule has 1 saturated carbocycles. The van der Waals surface area contributed by atoms with Gasteiger partial charge in [-0.3, -0.25) is 0 Å². The van der Waals surface area contributed by atoms with Gasteiger partial charge in [0.15, 0.2) is 5.82 Å². The van der Waals surface area contributed by atoms with Gasteiger partial charge in [-0.1, -0.05) is 35.0 Å². The second kappa shape index (κ2) is 4.46. The maximum atomic E-state index is 6.27. The predicted octanol–water partition coefficient (Wildman–Crippen LogP) is 2.55. The maximum absolute atomic E-state index is 6.27. The smallest absolute Gasteiger partial charge is 0.246 e. The molecule has 0 aliphatic heterocycles. The van der Waals surface area contributed by atoms with Crippen molar-refractivity contribution in [3.63, 3.8) is 0 Å². The van der Waals surface area contributed by atoms with Gasteiger partial charge in [0, 0.05) is 6.42 Å². The molecule has 3 rings (SSSR count). The quantitative estimate of drug-likeness (QED) is 0.914. The molecule has 2 aromatic rings. The van der Waals surface area contributed by atoms with Gasteiger partial charge in [-0.2, -0.15) is 4.98 Å². The normalized spacial score (nSPS) is 18.3.